The second kappa shape index (κ2) is 17.2. The smallest absolute Gasteiger partial charge is 0.322 e. The van der Waals surface area contributed by atoms with E-state index in [1.165, 1.54) is 32.1 Å². The molecule has 144 valence electrons. The van der Waals surface area contributed by atoms with Gasteiger partial charge in [-0.05, 0) is 31.8 Å². The Morgan fingerprint density at radius 2 is 1.44 bits per heavy atom. The molecule has 0 fully saturated rings. The summed E-state index contributed by atoms with van der Waals surface area (Å²) >= 11 is 0. The topological polar surface area (TPSA) is 83.5 Å². The standard InChI is InChI=1S/C20H35NO4/c1-2-3-4-5-6-7-8-11-14-18(22)15-12-9-10-13-16-19(23)21-17-20(24)25/h11,14H,2-10,12-13,15-17H2,1H3,(H,21,23)(H,24,25)/b14-11+. The molecule has 2 N–H and O–H groups in total. The van der Waals surface area contributed by atoms with E-state index in [1.807, 2.05) is 6.08 Å². The van der Waals surface area contributed by atoms with Crippen LogP contribution < -0.4 is 5.32 Å². The van der Waals surface area contributed by atoms with E-state index in [-0.39, 0.29) is 18.2 Å². The van der Waals surface area contributed by atoms with Gasteiger partial charge < -0.3 is 10.4 Å². The molecule has 0 aromatic rings. The van der Waals surface area contributed by atoms with Crippen LogP contribution in [0.5, 0.6) is 0 Å². The molecule has 0 heterocycles. The molecule has 5 heteroatoms. The number of unbranched alkanes of at least 4 members (excludes halogenated alkanes) is 9. The molecule has 0 aliphatic carbocycles. The van der Waals surface area contributed by atoms with Gasteiger partial charge in [0.15, 0.2) is 5.78 Å². The molecule has 0 unspecified atom stereocenters. The van der Waals surface area contributed by atoms with Gasteiger partial charge in [0.2, 0.25) is 5.91 Å². The van der Waals surface area contributed by atoms with Gasteiger partial charge in [0.1, 0.15) is 6.54 Å². The zero-order chi connectivity index (χ0) is 18.8. The van der Waals surface area contributed by atoms with Gasteiger partial charge in [0.05, 0.1) is 0 Å². The number of ketones is 1. The molecule has 0 aliphatic heterocycles. The number of carboxylic acid groups (broad SMARTS) is 1. The van der Waals surface area contributed by atoms with E-state index >= 15 is 0 Å². The molecule has 0 saturated heterocycles. The van der Waals surface area contributed by atoms with Crippen molar-refractivity contribution in [2.24, 2.45) is 0 Å². The van der Waals surface area contributed by atoms with Gasteiger partial charge in [-0.15, -0.1) is 0 Å². The SMILES string of the molecule is CCCCCCCC/C=C/C(=O)CCCCCCC(=O)NCC(=O)O. The second-order valence-electron chi connectivity index (χ2n) is 6.51. The van der Waals surface area contributed by atoms with E-state index in [2.05, 4.69) is 12.2 Å². The van der Waals surface area contributed by atoms with Gasteiger partial charge in [-0.2, -0.15) is 0 Å². The van der Waals surface area contributed by atoms with E-state index in [0.717, 1.165) is 38.5 Å². The fraction of sp³-hybridized carbons (Fsp3) is 0.750. The monoisotopic (exact) mass is 353 g/mol. The molecule has 0 spiro atoms. The Balaban J connectivity index is 3.41. The molecule has 0 rings (SSSR count). The van der Waals surface area contributed by atoms with Crippen molar-refractivity contribution in [2.75, 3.05) is 6.54 Å². The van der Waals surface area contributed by atoms with Crippen LogP contribution in [0.3, 0.4) is 0 Å². The number of rotatable bonds is 17. The predicted molar refractivity (Wildman–Crippen MR) is 100 cm³/mol. The van der Waals surface area contributed by atoms with Crippen molar-refractivity contribution in [3.63, 3.8) is 0 Å². The number of hydrogen-bond acceptors (Lipinski definition) is 3. The second-order valence-corrected chi connectivity index (χ2v) is 6.51. The maximum atomic E-state index is 11.7. The van der Waals surface area contributed by atoms with Gasteiger partial charge in [0.25, 0.3) is 0 Å². The number of carbonyl (C=O) groups excluding carboxylic acids is 2. The molecule has 0 aromatic heterocycles. The lowest BCUT2D eigenvalue weighted by atomic mass is 10.1. The molecule has 0 aliphatic rings. The van der Waals surface area contributed by atoms with Crippen molar-refractivity contribution in [2.45, 2.75) is 90.4 Å². The first-order valence-electron chi connectivity index (χ1n) is 9.74. The van der Waals surface area contributed by atoms with Crippen LogP contribution in [0.4, 0.5) is 0 Å². The summed E-state index contributed by atoms with van der Waals surface area (Å²) in [6.07, 6.45) is 16.6. The number of amides is 1. The molecule has 0 atom stereocenters. The van der Waals surface area contributed by atoms with Gasteiger partial charge >= 0.3 is 5.97 Å². The molecular weight excluding hydrogens is 318 g/mol. The lowest BCUT2D eigenvalue weighted by Gasteiger charge is -2.02. The van der Waals surface area contributed by atoms with Crippen LogP contribution in [-0.4, -0.2) is 29.3 Å². The minimum atomic E-state index is -1.03. The summed E-state index contributed by atoms with van der Waals surface area (Å²) in [6.45, 7) is 1.89. The lowest BCUT2D eigenvalue weighted by molar-refractivity contribution is -0.137. The summed E-state index contributed by atoms with van der Waals surface area (Å²) in [5.74, 6) is -1.07. The number of carboxylic acids is 1. The fourth-order valence-corrected chi connectivity index (χ4v) is 2.54. The molecule has 25 heavy (non-hydrogen) atoms. The average molecular weight is 354 g/mol. The van der Waals surface area contributed by atoms with E-state index in [1.54, 1.807) is 6.08 Å². The fourth-order valence-electron chi connectivity index (χ4n) is 2.54. The zero-order valence-electron chi connectivity index (χ0n) is 15.7. The summed E-state index contributed by atoms with van der Waals surface area (Å²) in [4.78, 5) is 33.3. The lowest BCUT2D eigenvalue weighted by Crippen LogP contribution is -2.28. The molecule has 5 nitrogen and oxygen atoms in total. The minimum Gasteiger partial charge on any atom is -0.480 e. The maximum Gasteiger partial charge on any atom is 0.322 e. The molecule has 0 bridgehead atoms. The third-order valence-electron chi connectivity index (χ3n) is 4.04. The summed E-state index contributed by atoms with van der Waals surface area (Å²) in [6, 6.07) is 0. The van der Waals surface area contributed by atoms with Gasteiger partial charge in [-0.3, -0.25) is 14.4 Å². The number of nitrogens with one attached hydrogen (secondary N) is 1. The highest BCUT2D eigenvalue weighted by Gasteiger charge is 2.03. The van der Waals surface area contributed by atoms with E-state index in [9.17, 15) is 14.4 Å². The first-order valence-corrected chi connectivity index (χ1v) is 9.74. The zero-order valence-corrected chi connectivity index (χ0v) is 15.7. The summed E-state index contributed by atoms with van der Waals surface area (Å²) < 4.78 is 0. The third-order valence-corrected chi connectivity index (χ3v) is 4.04. The summed E-state index contributed by atoms with van der Waals surface area (Å²) in [7, 11) is 0. The van der Waals surface area contributed by atoms with E-state index < -0.39 is 5.97 Å². The number of aliphatic carboxylic acids is 1. The number of hydrogen-bond donors (Lipinski definition) is 2. The van der Waals surface area contributed by atoms with Crippen molar-refractivity contribution in [3.8, 4) is 0 Å². The molecule has 0 aromatic carbocycles. The Kier molecular flexibility index (Phi) is 16.0. The van der Waals surface area contributed by atoms with Crippen LogP contribution in [-0.2, 0) is 14.4 Å². The maximum absolute atomic E-state index is 11.7. The highest BCUT2D eigenvalue weighted by molar-refractivity contribution is 5.89. The Hall–Kier alpha value is -1.65. The first-order chi connectivity index (χ1) is 12.1. The van der Waals surface area contributed by atoms with E-state index in [0.29, 0.717) is 12.8 Å². The third kappa shape index (κ3) is 18.5. The molecule has 0 saturated carbocycles. The van der Waals surface area contributed by atoms with Crippen molar-refractivity contribution >= 4 is 17.7 Å². The normalized spacial score (nSPS) is 10.9. The van der Waals surface area contributed by atoms with Crippen LogP contribution in [0.15, 0.2) is 12.2 Å². The highest BCUT2D eigenvalue weighted by Crippen LogP contribution is 2.08. The van der Waals surface area contributed by atoms with Gasteiger partial charge in [0, 0.05) is 12.8 Å². The van der Waals surface area contributed by atoms with Crippen LogP contribution in [0.2, 0.25) is 0 Å². The minimum absolute atomic E-state index is 0.185. The molecular formula is C20H35NO4. The number of carbonyl (C=O) groups is 3. The predicted octanol–water partition coefficient (Wildman–Crippen LogP) is 4.40. The number of allylic oxidation sites excluding steroid dienone is 2. The van der Waals surface area contributed by atoms with Crippen molar-refractivity contribution in [1.82, 2.24) is 5.32 Å². The molecule has 1 amide bonds. The Morgan fingerprint density at radius 1 is 0.840 bits per heavy atom. The van der Waals surface area contributed by atoms with Gasteiger partial charge in [-0.25, -0.2) is 0 Å². The van der Waals surface area contributed by atoms with Crippen molar-refractivity contribution < 1.29 is 19.5 Å². The van der Waals surface area contributed by atoms with Crippen molar-refractivity contribution in [3.05, 3.63) is 12.2 Å². The van der Waals surface area contributed by atoms with E-state index in [4.69, 9.17) is 5.11 Å². The van der Waals surface area contributed by atoms with Crippen LogP contribution in [0, 0.1) is 0 Å². The van der Waals surface area contributed by atoms with Crippen LogP contribution in [0.1, 0.15) is 90.4 Å². The quantitative estimate of drug-likeness (QED) is 0.300. The first kappa shape index (κ1) is 23.4. The Morgan fingerprint density at radius 3 is 2.12 bits per heavy atom. The summed E-state index contributed by atoms with van der Waals surface area (Å²) in [5.41, 5.74) is 0. The Bertz CT molecular complexity index is 405. The van der Waals surface area contributed by atoms with Crippen LogP contribution in [0.25, 0.3) is 0 Å². The molecule has 0 radical (unpaired) electrons. The average Bonchev–Trinajstić information content (AvgIpc) is 2.58. The summed E-state index contributed by atoms with van der Waals surface area (Å²) in [5, 5.41) is 10.8. The van der Waals surface area contributed by atoms with Gasteiger partial charge in [-0.1, -0.05) is 57.9 Å². The van der Waals surface area contributed by atoms with Crippen LogP contribution >= 0.6 is 0 Å². The van der Waals surface area contributed by atoms with Crippen molar-refractivity contribution in [1.29, 1.82) is 0 Å². The largest absolute Gasteiger partial charge is 0.480 e. The Labute approximate surface area is 152 Å². The highest BCUT2D eigenvalue weighted by atomic mass is 16.4.